The SMILES string of the molecule is CCN(C=C1CC=CCC1=O)CC. The molecule has 0 aliphatic heterocycles. The summed E-state index contributed by atoms with van der Waals surface area (Å²) in [6, 6.07) is 0. The van der Waals surface area contributed by atoms with Gasteiger partial charge in [-0.1, -0.05) is 12.2 Å². The van der Waals surface area contributed by atoms with Crippen molar-refractivity contribution in [2.75, 3.05) is 13.1 Å². The fraction of sp³-hybridized carbons (Fsp3) is 0.545. The molecule has 0 aromatic heterocycles. The molecule has 72 valence electrons. The Labute approximate surface area is 79.9 Å². The van der Waals surface area contributed by atoms with Crippen molar-refractivity contribution >= 4 is 5.78 Å². The van der Waals surface area contributed by atoms with Gasteiger partial charge in [0.1, 0.15) is 0 Å². The lowest BCUT2D eigenvalue weighted by Gasteiger charge is -2.18. The minimum Gasteiger partial charge on any atom is -0.378 e. The molecular weight excluding hydrogens is 162 g/mol. The van der Waals surface area contributed by atoms with Crippen LogP contribution in [0.5, 0.6) is 0 Å². The van der Waals surface area contributed by atoms with Crippen molar-refractivity contribution in [1.82, 2.24) is 4.90 Å². The van der Waals surface area contributed by atoms with Crippen molar-refractivity contribution in [1.29, 1.82) is 0 Å². The summed E-state index contributed by atoms with van der Waals surface area (Å²) in [6.45, 7) is 6.14. The summed E-state index contributed by atoms with van der Waals surface area (Å²) in [5.41, 5.74) is 0.950. The maximum Gasteiger partial charge on any atom is 0.164 e. The maximum absolute atomic E-state index is 11.4. The number of carbonyl (C=O) groups excluding carboxylic acids is 1. The molecule has 0 unspecified atom stereocenters. The third kappa shape index (κ3) is 2.72. The van der Waals surface area contributed by atoms with Gasteiger partial charge >= 0.3 is 0 Å². The molecular formula is C11H17NO. The standard InChI is InChI=1S/C11H17NO/c1-3-12(4-2)9-10-7-5-6-8-11(10)13/h5-6,9H,3-4,7-8H2,1-2H3. The summed E-state index contributed by atoms with van der Waals surface area (Å²) in [4.78, 5) is 13.6. The first-order chi connectivity index (χ1) is 6.27. The molecule has 1 aliphatic rings. The van der Waals surface area contributed by atoms with Crippen LogP contribution in [-0.4, -0.2) is 23.8 Å². The Morgan fingerprint density at radius 1 is 1.31 bits per heavy atom. The van der Waals surface area contributed by atoms with Gasteiger partial charge in [-0.05, 0) is 20.3 Å². The number of allylic oxidation sites excluding steroid dienone is 3. The Balaban J connectivity index is 2.68. The van der Waals surface area contributed by atoms with E-state index in [0.717, 1.165) is 25.1 Å². The van der Waals surface area contributed by atoms with Crippen LogP contribution in [0.4, 0.5) is 0 Å². The van der Waals surface area contributed by atoms with Crippen LogP contribution in [0.3, 0.4) is 0 Å². The third-order valence-electron chi connectivity index (χ3n) is 2.32. The van der Waals surface area contributed by atoms with Crippen LogP contribution in [0, 0.1) is 0 Å². The lowest BCUT2D eigenvalue weighted by Crippen LogP contribution is -2.18. The van der Waals surface area contributed by atoms with Gasteiger partial charge in [0.05, 0.1) is 0 Å². The number of hydrogen-bond donors (Lipinski definition) is 0. The Morgan fingerprint density at radius 3 is 2.46 bits per heavy atom. The van der Waals surface area contributed by atoms with Crippen molar-refractivity contribution in [3.8, 4) is 0 Å². The molecule has 13 heavy (non-hydrogen) atoms. The predicted octanol–water partition coefficient (Wildman–Crippen LogP) is 2.13. The second kappa shape index (κ2) is 4.85. The van der Waals surface area contributed by atoms with Crippen LogP contribution < -0.4 is 0 Å². The zero-order chi connectivity index (χ0) is 9.68. The second-order valence-corrected chi connectivity index (χ2v) is 3.18. The van der Waals surface area contributed by atoms with Crippen molar-refractivity contribution in [2.24, 2.45) is 0 Å². The Kier molecular flexibility index (Phi) is 3.74. The molecule has 1 aliphatic carbocycles. The molecule has 0 saturated heterocycles. The highest BCUT2D eigenvalue weighted by atomic mass is 16.1. The molecule has 0 radical (unpaired) electrons. The average molecular weight is 179 g/mol. The van der Waals surface area contributed by atoms with E-state index in [2.05, 4.69) is 24.8 Å². The van der Waals surface area contributed by atoms with E-state index in [1.54, 1.807) is 0 Å². The van der Waals surface area contributed by atoms with Gasteiger partial charge in [0.25, 0.3) is 0 Å². The molecule has 0 amide bonds. The highest BCUT2D eigenvalue weighted by molar-refractivity contribution is 5.97. The Morgan fingerprint density at radius 2 is 1.92 bits per heavy atom. The van der Waals surface area contributed by atoms with Gasteiger partial charge in [-0.3, -0.25) is 4.79 Å². The van der Waals surface area contributed by atoms with E-state index in [1.807, 2.05) is 12.3 Å². The molecule has 1 rings (SSSR count). The number of nitrogens with zero attached hydrogens (tertiary/aromatic N) is 1. The summed E-state index contributed by atoms with van der Waals surface area (Å²) in [7, 11) is 0. The monoisotopic (exact) mass is 179 g/mol. The predicted molar refractivity (Wildman–Crippen MR) is 54.4 cm³/mol. The molecule has 0 saturated carbocycles. The van der Waals surface area contributed by atoms with Gasteiger partial charge in [0.2, 0.25) is 0 Å². The molecule has 0 heterocycles. The van der Waals surface area contributed by atoms with E-state index in [4.69, 9.17) is 0 Å². The summed E-state index contributed by atoms with van der Waals surface area (Å²) < 4.78 is 0. The summed E-state index contributed by atoms with van der Waals surface area (Å²) >= 11 is 0. The van der Waals surface area contributed by atoms with Crippen LogP contribution in [0.2, 0.25) is 0 Å². The number of carbonyl (C=O) groups is 1. The van der Waals surface area contributed by atoms with Crippen molar-refractivity contribution in [2.45, 2.75) is 26.7 Å². The van der Waals surface area contributed by atoms with E-state index in [0.29, 0.717) is 6.42 Å². The molecule has 0 atom stereocenters. The quantitative estimate of drug-likeness (QED) is 0.488. The van der Waals surface area contributed by atoms with E-state index in [1.165, 1.54) is 0 Å². The Hall–Kier alpha value is -1.05. The fourth-order valence-corrected chi connectivity index (χ4v) is 1.40. The van der Waals surface area contributed by atoms with Gasteiger partial charge in [0.15, 0.2) is 5.78 Å². The lowest BCUT2D eigenvalue weighted by atomic mass is 10.0. The van der Waals surface area contributed by atoms with Gasteiger partial charge in [0, 0.05) is 31.3 Å². The minimum absolute atomic E-state index is 0.273. The molecule has 2 nitrogen and oxygen atoms in total. The first kappa shape index (κ1) is 10.0. The first-order valence-corrected chi connectivity index (χ1v) is 4.90. The average Bonchev–Trinajstić information content (AvgIpc) is 2.17. The van der Waals surface area contributed by atoms with E-state index < -0.39 is 0 Å². The third-order valence-corrected chi connectivity index (χ3v) is 2.32. The first-order valence-electron chi connectivity index (χ1n) is 4.90. The van der Waals surface area contributed by atoms with Crippen LogP contribution in [-0.2, 0) is 4.79 Å². The highest BCUT2D eigenvalue weighted by Crippen LogP contribution is 2.14. The molecule has 0 aromatic carbocycles. The fourth-order valence-electron chi connectivity index (χ4n) is 1.40. The van der Waals surface area contributed by atoms with Crippen LogP contribution in [0.1, 0.15) is 26.7 Å². The van der Waals surface area contributed by atoms with Gasteiger partial charge in [-0.2, -0.15) is 0 Å². The van der Waals surface area contributed by atoms with E-state index in [9.17, 15) is 4.79 Å². The van der Waals surface area contributed by atoms with Crippen molar-refractivity contribution < 1.29 is 4.79 Å². The molecule has 0 fully saturated rings. The highest BCUT2D eigenvalue weighted by Gasteiger charge is 2.11. The molecule has 0 bridgehead atoms. The van der Waals surface area contributed by atoms with Gasteiger partial charge in [-0.25, -0.2) is 0 Å². The second-order valence-electron chi connectivity index (χ2n) is 3.18. The summed E-state index contributed by atoms with van der Waals surface area (Å²) in [5.74, 6) is 0.273. The summed E-state index contributed by atoms with van der Waals surface area (Å²) in [5, 5.41) is 0. The number of Topliss-reactive ketones (excluding diaryl/α,β-unsaturated/α-hetero) is 1. The largest absolute Gasteiger partial charge is 0.378 e. The number of hydrogen-bond acceptors (Lipinski definition) is 2. The van der Waals surface area contributed by atoms with Gasteiger partial charge in [-0.15, -0.1) is 0 Å². The van der Waals surface area contributed by atoms with Crippen molar-refractivity contribution in [3.63, 3.8) is 0 Å². The zero-order valence-electron chi connectivity index (χ0n) is 8.42. The topological polar surface area (TPSA) is 20.3 Å². The van der Waals surface area contributed by atoms with Crippen LogP contribution >= 0.6 is 0 Å². The number of ketones is 1. The Bertz CT molecular complexity index is 236. The lowest BCUT2D eigenvalue weighted by molar-refractivity contribution is -0.115. The maximum atomic E-state index is 11.4. The molecule has 0 N–H and O–H groups in total. The van der Waals surface area contributed by atoms with Crippen LogP contribution in [0.15, 0.2) is 23.9 Å². The van der Waals surface area contributed by atoms with Gasteiger partial charge < -0.3 is 4.90 Å². The molecule has 2 heteroatoms. The molecule has 0 aromatic rings. The minimum atomic E-state index is 0.273. The zero-order valence-corrected chi connectivity index (χ0v) is 8.42. The molecule has 0 spiro atoms. The van der Waals surface area contributed by atoms with E-state index in [-0.39, 0.29) is 5.78 Å². The normalized spacial score (nSPS) is 19.5. The smallest absolute Gasteiger partial charge is 0.164 e. The summed E-state index contributed by atoms with van der Waals surface area (Å²) in [6.07, 6.45) is 7.40. The number of rotatable bonds is 3. The van der Waals surface area contributed by atoms with Crippen LogP contribution in [0.25, 0.3) is 0 Å². The van der Waals surface area contributed by atoms with E-state index >= 15 is 0 Å². The van der Waals surface area contributed by atoms with Crippen molar-refractivity contribution in [3.05, 3.63) is 23.9 Å².